The second kappa shape index (κ2) is 5.86. The van der Waals surface area contributed by atoms with Gasteiger partial charge in [0.25, 0.3) is 0 Å². The van der Waals surface area contributed by atoms with Gasteiger partial charge < -0.3 is 9.15 Å². The van der Waals surface area contributed by atoms with E-state index in [9.17, 15) is 14.9 Å². The standard InChI is InChI=1S/C14H6Cl2N2O5/c15-7-1-3-9(10(16)5-7)13-17-11(14(19)23-13)6-8-2-4-12(22-8)18(20)21/h1-6H/b11-6-. The molecule has 116 valence electrons. The normalized spacial score (nSPS) is 15.7. The molecule has 23 heavy (non-hydrogen) atoms. The highest BCUT2D eigenvalue weighted by Gasteiger charge is 2.26. The summed E-state index contributed by atoms with van der Waals surface area (Å²) in [5.41, 5.74) is 0.341. The summed E-state index contributed by atoms with van der Waals surface area (Å²) in [6.07, 6.45) is 1.24. The van der Waals surface area contributed by atoms with Crippen molar-refractivity contribution in [1.29, 1.82) is 0 Å². The van der Waals surface area contributed by atoms with Crippen LogP contribution in [0.25, 0.3) is 6.08 Å². The highest BCUT2D eigenvalue weighted by Crippen LogP contribution is 2.27. The highest BCUT2D eigenvalue weighted by atomic mass is 35.5. The second-order valence-corrected chi connectivity index (χ2v) is 5.24. The number of esters is 1. The third-order valence-electron chi connectivity index (χ3n) is 2.85. The molecule has 9 heteroatoms. The monoisotopic (exact) mass is 352 g/mol. The Balaban J connectivity index is 1.94. The lowest BCUT2D eigenvalue weighted by Crippen LogP contribution is -2.05. The average molecular weight is 353 g/mol. The number of ether oxygens (including phenoxy) is 1. The predicted octanol–water partition coefficient (Wildman–Crippen LogP) is 3.84. The van der Waals surface area contributed by atoms with Crippen molar-refractivity contribution in [3.05, 3.63) is 67.5 Å². The van der Waals surface area contributed by atoms with Crippen LogP contribution in [-0.2, 0) is 9.53 Å². The molecule has 0 atom stereocenters. The Morgan fingerprint density at radius 2 is 2.00 bits per heavy atom. The number of benzene rings is 1. The van der Waals surface area contributed by atoms with Crippen LogP contribution >= 0.6 is 23.2 Å². The van der Waals surface area contributed by atoms with Crippen molar-refractivity contribution >= 4 is 47.0 Å². The van der Waals surface area contributed by atoms with Crippen LogP contribution in [-0.4, -0.2) is 16.8 Å². The number of halogens is 2. The van der Waals surface area contributed by atoms with Crippen LogP contribution in [0.1, 0.15) is 11.3 Å². The van der Waals surface area contributed by atoms with Gasteiger partial charge in [-0.2, -0.15) is 0 Å². The first-order valence-electron chi connectivity index (χ1n) is 6.16. The first-order valence-corrected chi connectivity index (χ1v) is 6.92. The number of nitrogens with zero attached hydrogens (tertiary/aromatic N) is 2. The molecule has 0 amide bonds. The Kier molecular flexibility index (Phi) is 3.89. The summed E-state index contributed by atoms with van der Waals surface area (Å²) in [6, 6.07) is 7.16. The molecular formula is C14H6Cl2N2O5. The summed E-state index contributed by atoms with van der Waals surface area (Å²) >= 11 is 11.8. The third kappa shape index (κ3) is 3.10. The molecule has 0 radical (unpaired) electrons. The lowest BCUT2D eigenvalue weighted by Gasteiger charge is -2.02. The minimum Gasteiger partial charge on any atom is -0.402 e. The molecule has 0 saturated carbocycles. The average Bonchev–Trinajstić information content (AvgIpc) is 3.07. The zero-order valence-corrected chi connectivity index (χ0v) is 12.7. The van der Waals surface area contributed by atoms with Crippen molar-refractivity contribution in [3.8, 4) is 0 Å². The highest BCUT2D eigenvalue weighted by molar-refractivity contribution is 6.37. The minimum atomic E-state index is -0.718. The van der Waals surface area contributed by atoms with Crippen LogP contribution in [0.3, 0.4) is 0 Å². The van der Waals surface area contributed by atoms with Gasteiger partial charge in [0.2, 0.25) is 5.90 Å². The van der Waals surface area contributed by atoms with Crippen molar-refractivity contribution in [1.82, 2.24) is 0 Å². The van der Waals surface area contributed by atoms with Gasteiger partial charge in [0.15, 0.2) is 5.70 Å². The van der Waals surface area contributed by atoms with Gasteiger partial charge in [0.1, 0.15) is 10.7 Å². The van der Waals surface area contributed by atoms with Crippen molar-refractivity contribution in [2.24, 2.45) is 4.99 Å². The number of nitro groups is 1. The number of furan rings is 1. The van der Waals surface area contributed by atoms with Crippen molar-refractivity contribution < 1.29 is 18.9 Å². The summed E-state index contributed by atoms with van der Waals surface area (Å²) in [5, 5.41) is 11.3. The van der Waals surface area contributed by atoms with Gasteiger partial charge in [-0.15, -0.1) is 0 Å². The van der Waals surface area contributed by atoms with Gasteiger partial charge in [-0.25, -0.2) is 9.79 Å². The number of carbonyl (C=O) groups excluding carboxylic acids is 1. The Morgan fingerprint density at radius 1 is 1.22 bits per heavy atom. The molecule has 0 unspecified atom stereocenters. The molecular weight excluding hydrogens is 347 g/mol. The number of carbonyl (C=O) groups is 1. The van der Waals surface area contributed by atoms with Gasteiger partial charge in [-0.3, -0.25) is 10.1 Å². The van der Waals surface area contributed by atoms with Gasteiger partial charge in [-0.05, 0) is 24.3 Å². The fraction of sp³-hybridized carbons (Fsp3) is 0. The molecule has 1 aliphatic rings. The van der Waals surface area contributed by atoms with Crippen LogP contribution < -0.4 is 0 Å². The molecule has 0 bridgehead atoms. The van der Waals surface area contributed by atoms with E-state index in [1.165, 1.54) is 24.3 Å². The number of hydrogen-bond donors (Lipinski definition) is 0. The molecule has 0 spiro atoms. The van der Waals surface area contributed by atoms with Crippen molar-refractivity contribution in [2.45, 2.75) is 0 Å². The molecule has 0 saturated heterocycles. The number of cyclic esters (lactones) is 1. The van der Waals surface area contributed by atoms with E-state index in [1.54, 1.807) is 12.1 Å². The van der Waals surface area contributed by atoms with E-state index >= 15 is 0 Å². The van der Waals surface area contributed by atoms with E-state index in [-0.39, 0.29) is 22.4 Å². The lowest BCUT2D eigenvalue weighted by molar-refractivity contribution is -0.402. The Morgan fingerprint density at radius 3 is 2.65 bits per heavy atom. The molecule has 1 aromatic carbocycles. The number of hydrogen-bond acceptors (Lipinski definition) is 6. The smallest absolute Gasteiger partial charge is 0.402 e. The SMILES string of the molecule is O=C1OC(c2ccc(Cl)cc2Cl)=N/C1=C\c1ccc([N+](=O)[O-])o1. The zero-order valence-electron chi connectivity index (χ0n) is 11.2. The number of aliphatic imine (C=N–C) groups is 1. The maximum Gasteiger partial charge on any atom is 0.433 e. The maximum absolute atomic E-state index is 11.8. The van der Waals surface area contributed by atoms with E-state index in [1.807, 2.05) is 0 Å². The largest absolute Gasteiger partial charge is 0.433 e. The first kappa shape index (κ1) is 15.3. The fourth-order valence-corrected chi connectivity index (χ4v) is 2.33. The Hall–Kier alpha value is -2.64. The molecule has 1 aromatic heterocycles. The van der Waals surface area contributed by atoms with E-state index in [4.69, 9.17) is 32.4 Å². The Bertz CT molecular complexity index is 885. The molecule has 2 aromatic rings. The van der Waals surface area contributed by atoms with Gasteiger partial charge in [0, 0.05) is 11.1 Å². The topological polar surface area (TPSA) is 94.9 Å². The first-order chi connectivity index (χ1) is 10.9. The quantitative estimate of drug-likeness (QED) is 0.362. The van der Waals surface area contributed by atoms with Crippen LogP contribution in [0, 0.1) is 10.1 Å². The molecule has 0 fully saturated rings. The van der Waals surface area contributed by atoms with Crippen LogP contribution in [0.5, 0.6) is 0 Å². The van der Waals surface area contributed by atoms with E-state index in [0.717, 1.165) is 0 Å². The Labute approximate surface area is 138 Å². The summed E-state index contributed by atoms with van der Waals surface area (Å²) in [4.78, 5) is 25.7. The third-order valence-corrected chi connectivity index (χ3v) is 3.40. The second-order valence-electron chi connectivity index (χ2n) is 4.39. The fourth-order valence-electron chi connectivity index (χ4n) is 1.84. The minimum absolute atomic E-state index is 0.0176. The van der Waals surface area contributed by atoms with Crippen molar-refractivity contribution in [3.63, 3.8) is 0 Å². The van der Waals surface area contributed by atoms with Crippen LogP contribution in [0.2, 0.25) is 10.0 Å². The van der Waals surface area contributed by atoms with Crippen molar-refractivity contribution in [2.75, 3.05) is 0 Å². The molecule has 0 aliphatic carbocycles. The molecule has 2 heterocycles. The van der Waals surface area contributed by atoms with Crippen LogP contribution in [0.15, 0.2) is 45.4 Å². The van der Waals surface area contributed by atoms with E-state index in [0.29, 0.717) is 10.6 Å². The van der Waals surface area contributed by atoms with Crippen LogP contribution in [0.4, 0.5) is 5.88 Å². The number of rotatable bonds is 3. The maximum atomic E-state index is 11.8. The molecule has 7 nitrogen and oxygen atoms in total. The van der Waals surface area contributed by atoms with E-state index < -0.39 is 16.8 Å². The lowest BCUT2D eigenvalue weighted by atomic mass is 10.2. The summed E-state index contributed by atoms with van der Waals surface area (Å²) in [5.74, 6) is -1.03. The summed E-state index contributed by atoms with van der Waals surface area (Å²) in [7, 11) is 0. The summed E-state index contributed by atoms with van der Waals surface area (Å²) < 4.78 is 9.99. The van der Waals surface area contributed by atoms with Gasteiger partial charge in [-0.1, -0.05) is 23.2 Å². The van der Waals surface area contributed by atoms with E-state index in [2.05, 4.69) is 4.99 Å². The zero-order chi connectivity index (χ0) is 16.6. The predicted molar refractivity (Wildman–Crippen MR) is 82.4 cm³/mol. The summed E-state index contributed by atoms with van der Waals surface area (Å²) in [6.45, 7) is 0. The molecule has 0 N–H and O–H groups in total. The molecule has 3 rings (SSSR count). The van der Waals surface area contributed by atoms with Gasteiger partial charge in [0.05, 0.1) is 16.7 Å². The molecule has 1 aliphatic heterocycles. The van der Waals surface area contributed by atoms with Gasteiger partial charge >= 0.3 is 11.9 Å².